The fourth-order valence-electron chi connectivity index (χ4n) is 4.09. The predicted octanol–water partition coefficient (Wildman–Crippen LogP) is 3.42. The molecule has 0 bridgehead atoms. The summed E-state index contributed by atoms with van der Waals surface area (Å²) >= 11 is 0. The third-order valence-electron chi connectivity index (χ3n) is 6.02. The third kappa shape index (κ3) is 7.07. The number of hydrogen-bond acceptors (Lipinski definition) is 3. The summed E-state index contributed by atoms with van der Waals surface area (Å²) in [5, 5.41) is 8.85. The van der Waals surface area contributed by atoms with Gasteiger partial charge in [-0.3, -0.25) is 9.59 Å². The van der Waals surface area contributed by atoms with Gasteiger partial charge >= 0.3 is 6.03 Å². The van der Waals surface area contributed by atoms with Crippen molar-refractivity contribution in [3.63, 3.8) is 0 Å². The molecule has 7 nitrogen and oxygen atoms in total. The molecule has 4 amide bonds. The van der Waals surface area contributed by atoms with E-state index in [1.165, 1.54) is 6.92 Å². The molecule has 1 aliphatic rings. The van der Waals surface area contributed by atoms with E-state index in [1.54, 1.807) is 4.90 Å². The maximum atomic E-state index is 12.9. The Bertz CT molecular complexity index is 966. The lowest BCUT2D eigenvalue weighted by molar-refractivity contribution is -0.128. The molecule has 2 aromatic carbocycles. The molecule has 0 spiro atoms. The van der Waals surface area contributed by atoms with Crippen molar-refractivity contribution in [2.75, 3.05) is 18.4 Å². The number of nitrogens with zero attached hydrogens (tertiary/aromatic N) is 1. The van der Waals surface area contributed by atoms with E-state index >= 15 is 0 Å². The molecule has 0 radical (unpaired) electrons. The molecule has 0 saturated carbocycles. The van der Waals surface area contributed by atoms with Crippen molar-refractivity contribution < 1.29 is 14.4 Å². The van der Waals surface area contributed by atoms with Gasteiger partial charge in [0.15, 0.2) is 0 Å². The highest BCUT2D eigenvalue weighted by Crippen LogP contribution is 2.18. The van der Waals surface area contributed by atoms with Crippen molar-refractivity contribution in [1.82, 2.24) is 15.5 Å². The number of piperidine rings is 1. The van der Waals surface area contributed by atoms with E-state index in [0.29, 0.717) is 32.4 Å². The van der Waals surface area contributed by atoms with Crippen molar-refractivity contribution in [2.24, 2.45) is 0 Å². The van der Waals surface area contributed by atoms with Crippen molar-refractivity contribution in [3.05, 3.63) is 65.2 Å². The highest BCUT2D eigenvalue weighted by atomic mass is 16.2. The monoisotopic (exact) mass is 450 g/mol. The first-order valence-corrected chi connectivity index (χ1v) is 11.6. The van der Waals surface area contributed by atoms with E-state index < -0.39 is 6.04 Å². The van der Waals surface area contributed by atoms with Crippen LogP contribution in [0.5, 0.6) is 0 Å². The molecule has 3 N–H and O–H groups in total. The first-order valence-electron chi connectivity index (χ1n) is 11.6. The second-order valence-corrected chi connectivity index (χ2v) is 8.65. The van der Waals surface area contributed by atoms with Gasteiger partial charge in [-0.1, -0.05) is 55.0 Å². The Morgan fingerprint density at radius 1 is 1.03 bits per heavy atom. The Balaban J connectivity index is 1.52. The van der Waals surface area contributed by atoms with Crippen LogP contribution >= 0.6 is 0 Å². The molecule has 176 valence electrons. The molecule has 1 heterocycles. The lowest BCUT2D eigenvalue weighted by Gasteiger charge is -2.33. The normalized spacial score (nSPS) is 14.9. The number of anilines is 1. The molecule has 33 heavy (non-hydrogen) atoms. The van der Waals surface area contributed by atoms with Crippen LogP contribution in [-0.2, 0) is 22.4 Å². The van der Waals surface area contributed by atoms with Gasteiger partial charge in [-0.25, -0.2) is 4.79 Å². The summed E-state index contributed by atoms with van der Waals surface area (Å²) in [4.78, 5) is 39.1. The van der Waals surface area contributed by atoms with E-state index in [4.69, 9.17) is 0 Å². The first-order chi connectivity index (χ1) is 15.9. The number of para-hydroxylation sites is 1. The largest absolute Gasteiger partial charge is 0.351 e. The zero-order valence-electron chi connectivity index (χ0n) is 19.7. The molecule has 1 fully saturated rings. The number of nitrogens with one attached hydrogen (secondary N) is 3. The van der Waals surface area contributed by atoms with Crippen molar-refractivity contribution >= 4 is 23.5 Å². The van der Waals surface area contributed by atoms with Crippen molar-refractivity contribution in [2.45, 2.75) is 58.5 Å². The van der Waals surface area contributed by atoms with Crippen LogP contribution in [0.4, 0.5) is 10.5 Å². The fraction of sp³-hybridized carbons (Fsp3) is 0.423. The molecule has 2 aromatic rings. The van der Waals surface area contributed by atoms with E-state index in [1.807, 2.05) is 55.5 Å². The second-order valence-electron chi connectivity index (χ2n) is 8.65. The van der Waals surface area contributed by atoms with E-state index in [0.717, 1.165) is 28.8 Å². The van der Waals surface area contributed by atoms with Crippen LogP contribution in [0.3, 0.4) is 0 Å². The zero-order chi connectivity index (χ0) is 23.8. The van der Waals surface area contributed by atoms with Crippen LogP contribution in [0, 0.1) is 6.92 Å². The minimum atomic E-state index is -0.628. The lowest BCUT2D eigenvalue weighted by atomic mass is 10.0. The molecular weight excluding hydrogens is 416 g/mol. The summed E-state index contributed by atoms with van der Waals surface area (Å²) in [5.74, 6) is -0.424. The number of hydrogen-bond donors (Lipinski definition) is 3. The Hall–Kier alpha value is -3.35. The van der Waals surface area contributed by atoms with E-state index in [2.05, 4.69) is 22.9 Å². The molecule has 0 aromatic heterocycles. The summed E-state index contributed by atoms with van der Waals surface area (Å²) in [6.45, 7) is 6.62. The number of urea groups is 1. The van der Waals surface area contributed by atoms with Gasteiger partial charge in [0.05, 0.1) is 0 Å². The summed E-state index contributed by atoms with van der Waals surface area (Å²) in [6.07, 6.45) is 2.63. The van der Waals surface area contributed by atoms with Crippen LogP contribution in [0.25, 0.3) is 0 Å². The Morgan fingerprint density at radius 2 is 1.70 bits per heavy atom. The Labute approximate surface area is 195 Å². The SMILES string of the molecule is CCc1ccccc1NC(=O)N1CCC(NC(=O)[C@H](Cc2ccc(C)cc2)NC(C)=O)CC1. The highest BCUT2D eigenvalue weighted by Gasteiger charge is 2.27. The van der Waals surface area contributed by atoms with Gasteiger partial charge in [0.1, 0.15) is 6.04 Å². The number of aryl methyl sites for hydroxylation is 2. The van der Waals surface area contributed by atoms with E-state index in [9.17, 15) is 14.4 Å². The molecule has 1 saturated heterocycles. The molecule has 0 unspecified atom stereocenters. The van der Waals surface area contributed by atoms with Gasteiger partial charge in [0, 0.05) is 38.2 Å². The third-order valence-corrected chi connectivity index (χ3v) is 6.02. The lowest BCUT2D eigenvalue weighted by Crippen LogP contribution is -2.53. The van der Waals surface area contributed by atoms with Crippen LogP contribution in [0.2, 0.25) is 0 Å². The topological polar surface area (TPSA) is 90.5 Å². The Kier molecular flexibility index (Phi) is 8.46. The molecule has 0 aliphatic carbocycles. The second kappa shape index (κ2) is 11.5. The summed E-state index contributed by atoms with van der Waals surface area (Å²) in [5.41, 5.74) is 4.09. The molecular formula is C26H34N4O3. The van der Waals surface area contributed by atoms with Crippen molar-refractivity contribution in [3.8, 4) is 0 Å². The quantitative estimate of drug-likeness (QED) is 0.604. The summed E-state index contributed by atoms with van der Waals surface area (Å²) < 4.78 is 0. The highest BCUT2D eigenvalue weighted by molar-refractivity contribution is 5.90. The smallest absolute Gasteiger partial charge is 0.321 e. The van der Waals surface area contributed by atoms with Crippen LogP contribution < -0.4 is 16.0 Å². The predicted molar refractivity (Wildman–Crippen MR) is 130 cm³/mol. The van der Waals surface area contributed by atoms with Gasteiger partial charge in [-0.2, -0.15) is 0 Å². The molecule has 7 heteroatoms. The van der Waals surface area contributed by atoms with Crippen molar-refractivity contribution in [1.29, 1.82) is 0 Å². The number of rotatable bonds is 7. The van der Waals surface area contributed by atoms with Crippen LogP contribution in [0.1, 0.15) is 43.4 Å². The summed E-state index contributed by atoms with van der Waals surface area (Å²) in [7, 11) is 0. The van der Waals surface area contributed by atoms with Gasteiger partial charge < -0.3 is 20.9 Å². The number of carbonyl (C=O) groups excluding carboxylic acids is 3. The maximum Gasteiger partial charge on any atom is 0.321 e. The Morgan fingerprint density at radius 3 is 2.33 bits per heavy atom. The average molecular weight is 451 g/mol. The van der Waals surface area contributed by atoms with Gasteiger partial charge in [-0.05, 0) is 43.4 Å². The van der Waals surface area contributed by atoms with E-state index in [-0.39, 0.29) is 23.9 Å². The van der Waals surface area contributed by atoms with Gasteiger partial charge in [-0.15, -0.1) is 0 Å². The minimum absolute atomic E-state index is 0.0289. The number of benzene rings is 2. The van der Waals surface area contributed by atoms with Gasteiger partial charge in [0.2, 0.25) is 11.8 Å². The first kappa shape index (κ1) is 24.3. The number of amides is 4. The standard InChI is InChI=1S/C26H34N4O3/c1-4-21-7-5-6-8-23(21)29-26(33)30-15-13-22(14-16-30)28-25(32)24(27-19(3)31)17-20-11-9-18(2)10-12-20/h5-12,22,24H,4,13-17H2,1-3H3,(H,27,31)(H,28,32)(H,29,33)/t24-/m0/s1. The molecule has 1 aliphatic heterocycles. The fourth-order valence-corrected chi connectivity index (χ4v) is 4.09. The number of carbonyl (C=O) groups is 3. The zero-order valence-corrected chi connectivity index (χ0v) is 19.7. The van der Waals surface area contributed by atoms with Crippen LogP contribution in [-0.4, -0.2) is 47.9 Å². The molecule has 1 atom stereocenters. The number of likely N-dealkylation sites (tertiary alicyclic amines) is 1. The average Bonchev–Trinajstić information content (AvgIpc) is 2.80. The summed E-state index contributed by atoms with van der Waals surface area (Å²) in [6, 6.07) is 15.0. The molecule has 3 rings (SSSR count). The minimum Gasteiger partial charge on any atom is -0.351 e. The van der Waals surface area contributed by atoms with Gasteiger partial charge in [0.25, 0.3) is 0 Å². The maximum absolute atomic E-state index is 12.9. The van der Waals surface area contributed by atoms with Crippen LogP contribution in [0.15, 0.2) is 48.5 Å².